The monoisotopic (exact) mass is 348 g/mol. The third kappa shape index (κ3) is 3.46. The number of carbonyl (C=O) groups is 3. The lowest BCUT2D eigenvalue weighted by atomic mass is 9.84. The predicted octanol–water partition coefficient (Wildman–Crippen LogP) is 2.32. The van der Waals surface area contributed by atoms with Gasteiger partial charge in [0.05, 0.1) is 5.41 Å². The Morgan fingerprint density at radius 1 is 1.17 bits per heavy atom. The first-order valence-corrected chi connectivity index (χ1v) is 8.74. The topological polar surface area (TPSA) is 66.5 Å². The molecule has 0 atom stereocenters. The van der Waals surface area contributed by atoms with Gasteiger partial charge in [0, 0.05) is 18.0 Å². The highest BCUT2D eigenvalue weighted by atomic mass is 35.5. The highest BCUT2D eigenvalue weighted by molar-refractivity contribution is 6.30. The van der Waals surface area contributed by atoms with Gasteiger partial charge >= 0.3 is 0 Å². The van der Waals surface area contributed by atoms with E-state index in [1.54, 1.807) is 12.1 Å². The standard InChI is InChI=1S/C18H21ClN2O3/c19-14-5-3-13(4-6-14)7-10-20-15(22)12-21-16(23)11-18(17(21)24)8-1-2-9-18/h3-6H,1-2,7-12H2,(H,20,22). The van der Waals surface area contributed by atoms with Crippen LogP contribution in [0.4, 0.5) is 0 Å². The highest BCUT2D eigenvalue weighted by Crippen LogP contribution is 2.46. The van der Waals surface area contributed by atoms with Crippen molar-refractivity contribution in [2.75, 3.05) is 13.1 Å². The molecule has 3 rings (SSSR count). The molecule has 1 saturated heterocycles. The number of hydrogen-bond donors (Lipinski definition) is 1. The van der Waals surface area contributed by atoms with Gasteiger partial charge in [-0.25, -0.2) is 0 Å². The van der Waals surface area contributed by atoms with Crippen molar-refractivity contribution in [3.63, 3.8) is 0 Å². The first-order valence-electron chi connectivity index (χ1n) is 8.36. The molecule has 0 aromatic heterocycles. The summed E-state index contributed by atoms with van der Waals surface area (Å²) in [5.74, 6) is -0.659. The number of nitrogens with one attached hydrogen (secondary N) is 1. The van der Waals surface area contributed by atoms with Crippen LogP contribution < -0.4 is 5.32 Å². The Morgan fingerprint density at radius 2 is 1.83 bits per heavy atom. The molecule has 1 aliphatic carbocycles. The van der Waals surface area contributed by atoms with Crippen molar-refractivity contribution in [1.82, 2.24) is 10.2 Å². The highest BCUT2D eigenvalue weighted by Gasteiger charge is 2.52. The van der Waals surface area contributed by atoms with Crippen LogP contribution >= 0.6 is 11.6 Å². The van der Waals surface area contributed by atoms with Crippen LogP contribution in [-0.4, -0.2) is 35.7 Å². The van der Waals surface area contributed by atoms with Crippen molar-refractivity contribution >= 4 is 29.3 Å². The van der Waals surface area contributed by atoms with E-state index < -0.39 is 5.41 Å². The number of imide groups is 1. The summed E-state index contributed by atoms with van der Waals surface area (Å²) in [6.45, 7) is 0.294. The minimum absolute atomic E-state index is 0.155. The molecule has 3 amide bonds. The van der Waals surface area contributed by atoms with Crippen LogP contribution in [0.2, 0.25) is 5.02 Å². The Balaban J connectivity index is 1.49. The molecule has 1 aromatic carbocycles. The molecule has 1 aliphatic heterocycles. The number of benzene rings is 1. The van der Waals surface area contributed by atoms with Crippen molar-refractivity contribution in [3.8, 4) is 0 Å². The number of nitrogens with zero attached hydrogens (tertiary/aromatic N) is 1. The maximum atomic E-state index is 12.5. The summed E-state index contributed by atoms with van der Waals surface area (Å²) in [5.41, 5.74) is 0.554. The fourth-order valence-corrected chi connectivity index (χ4v) is 3.79. The summed E-state index contributed by atoms with van der Waals surface area (Å²) in [6.07, 6.45) is 4.46. The molecule has 1 N–H and O–H groups in total. The Labute approximate surface area is 146 Å². The van der Waals surface area contributed by atoms with Crippen molar-refractivity contribution in [2.45, 2.75) is 38.5 Å². The van der Waals surface area contributed by atoms with Gasteiger partial charge in [-0.2, -0.15) is 0 Å². The Hall–Kier alpha value is -1.88. The van der Waals surface area contributed by atoms with Crippen LogP contribution in [0.3, 0.4) is 0 Å². The van der Waals surface area contributed by atoms with Gasteiger partial charge in [-0.3, -0.25) is 19.3 Å². The Kier molecular flexibility index (Phi) is 4.90. The normalized spacial score (nSPS) is 19.3. The first-order chi connectivity index (χ1) is 11.5. The first kappa shape index (κ1) is 17.0. The summed E-state index contributed by atoms with van der Waals surface area (Å²) in [7, 11) is 0. The summed E-state index contributed by atoms with van der Waals surface area (Å²) in [6, 6.07) is 7.43. The molecule has 2 aliphatic rings. The maximum absolute atomic E-state index is 12.5. The van der Waals surface area contributed by atoms with Gasteiger partial charge in [0.2, 0.25) is 17.7 Å². The molecular formula is C18H21ClN2O3. The molecule has 1 heterocycles. The van der Waals surface area contributed by atoms with E-state index in [2.05, 4.69) is 5.32 Å². The van der Waals surface area contributed by atoms with E-state index in [4.69, 9.17) is 11.6 Å². The fourth-order valence-electron chi connectivity index (χ4n) is 3.66. The largest absolute Gasteiger partial charge is 0.354 e. The Bertz CT molecular complexity index is 651. The molecule has 6 heteroatoms. The van der Waals surface area contributed by atoms with E-state index in [0.29, 0.717) is 18.0 Å². The maximum Gasteiger partial charge on any atom is 0.240 e. The van der Waals surface area contributed by atoms with Gasteiger partial charge in [-0.1, -0.05) is 36.6 Å². The number of amides is 3. The van der Waals surface area contributed by atoms with Gasteiger partial charge in [0.1, 0.15) is 6.54 Å². The van der Waals surface area contributed by atoms with Crippen LogP contribution in [0.1, 0.15) is 37.7 Å². The van der Waals surface area contributed by atoms with Gasteiger partial charge in [-0.15, -0.1) is 0 Å². The third-order valence-corrected chi connectivity index (χ3v) is 5.25. The van der Waals surface area contributed by atoms with Crippen molar-refractivity contribution in [2.24, 2.45) is 5.41 Å². The molecule has 0 unspecified atom stereocenters. The zero-order chi connectivity index (χ0) is 17.2. The molecule has 1 spiro atoms. The zero-order valence-corrected chi connectivity index (χ0v) is 14.3. The number of hydrogen-bond acceptors (Lipinski definition) is 3. The van der Waals surface area contributed by atoms with E-state index in [-0.39, 0.29) is 30.7 Å². The molecule has 24 heavy (non-hydrogen) atoms. The van der Waals surface area contributed by atoms with E-state index in [0.717, 1.165) is 36.1 Å². The van der Waals surface area contributed by atoms with Crippen LogP contribution in [0.25, 0.3) is 0 Å². The second-order valence-corrected chi connectivity index (χ2v) is 7.11. The molecule has 0 radical (unpaired) electrons. The lowest BCUT2D eigenvalue weighted by Gasteiger charge is -2.20. The number of likely N-dealkylation sites (tertiary alicyclic amines) is 1. The average Bonchev–Trinajstić information content (AvgIpc) is 3.11. The lowest BCUT2D eigenvalue weighted by molar-refractivity contribution is -0.144. The van der Waals surface area contributed by atoms with Crippen LogP contribution in [0, 0.1) is 5.41 Å². The van der Waals surface area contributed by atoms with E-state index >= 15 is 0 Å². The molecule has 1 aromatic rings. The second kappa shape index (κ2) is 6.93. The summed E-state index contributed by atoms with van der Waals surface area (Å²) < 4.78 is 0. The molecule has 1 saturated carbocycles. The summed E-state index contributed by atoms with van der Waals surface area (Å²) in [5, 5.41) is 3.45. The average molecular weight is 349 g/mol. The molecule has 0 bridgehead atoms. The minimum atomic E-state index is -0.513. The van der Waals surface area contributed by atoms with Gasteiger partial charge in [-0.05, 0) is 37.0 Å². The van der Waals surface area contributed by atoms with Gasteiger partial charge in [0.15, 0.2) is 0 Å². The minimum Gasteiger partial charge on any atom is -0.354 e. The van der Waals surface area contributed by atoms with Crippen molar-refractivity contribution < 1.29 is 14.4 Å². The third-order valence-electron chi connectivity index (χ3n) is 5.00. The summed E-state index contributed by atoms with van der Waals surface area (Å²) in [4.78, 5) is 37.8. The predicted molar refractivity (Wildman–Crippen MR) is 90.4 cm³/mol. The number of rotatable bonds is 5. The molecular weight excluding hydrogens is 328 g/mol. The fraction of sp³-hybridized carbons (Fsp3) is 0.500. The summed E-state index contributed by atoms with van der Waals surface area (Å²) >= 11 is 5.83. The smallest absolute Gasteiger partial charge is 0.240 e. The van der Waals surface area contributed by atoms with E-state index in [1.165, 1.54) is 0 Å². The van der Waals surface area contributed by atoms with E-state index in [9.17, 15) is 14.4 Å². The zero-order valence-electron chi connectivity index (χ0n) is 13.5. The van der Waals surface area contributed by atoms with Crippen LogP contribution in [0.5, 0.6) is 0 Å². The molecule has 5 nitrogen and oxygen atoms in total. The van der Waals surface area contributed by atoms with E-state index in [1.807, 2.05) is 12.1 Å². The van der Waals surface area contributed by atoms with Crippen molar-refractivity contribution in [1.29, 1.82) is 0 Å². The van der Waals surface area contributed by atoms with Gasteiger partial charge in [0.25, 0.3) is 0 Å². The number of halogens is 1. The Morgan fingerprint density at radius 3 is 2.50 bits per heavy atom. The second-order valence-electron chi connectivity index (χ2n) is 6.68. The van der Waals surface area contributed by atoms with Crippen LogP contribution in [-0.2, 0) is 20.8 Å². The van der Waals surface area contributed by atoms with Gasteiger partial charge < -0.3 is 5.32 Å². The molecule has 128 valence electrons. The lowest BCUT2D eigenvalue weighted by Crippen LogP contribution is -2.42. The van der Waals surface area contributed by atoms with Crippen molar-refractivity contribution in [3.05, 3.63) is 34.9 Å². The quantitative estimate of drug-likeness (QED) is 0.830. The molecule has 2 fully saturated rings. The van der Waals surface area contributed by atoms with Crippen LogP contribution in [0.15, 0.2) is 24.3 Å². The SMILES string of the molecule is O=C(CN1C(=O)CC2(CCCC2)C1=O)NCCc1ccc(Cl)cc1. The number of carbonyl (C=O) groups excluding carboxylic acids is 3.